The van der Waals surface area contributed by atoms with Crippen molar-refractivity contribution in [2.75, 3.05) is 11.9 Å². The molecule has 2 aromatic carbocycles. The molecule has 2 amide bonds. The van der Waals surface area contributed by atoms with Gasteiger partial charge in [0, 0.05) is 11.3 Å². The van der Waals surface area contributed by atoms with Crippen molar-refractivity contribution in [1.82, 2.24) is 0 Å². The van der Waals surface area contributed by atoms with Crippen LogP contribution in [-0.2, 0) is 4.79 Å². The summed E-state index contributed by atoms with van der Waals surface area (Å²) < 4.78 is 5.45. The number of hydrogen-bond donors (Lipinski definition) is 2. The van der Waals surface area contributed by atoms with Gasteiger partial charge in [-0.1, -0.05) is 32.0 Å². The van der Waals surface area contributed by atoms with E-state index in [0.29, 0.717) is 17.2 Å². The Balaban J connectivity index is 2.00. The van der Waals surface area contributed by atoms with E-state index in [1.807, 2.05) is 25.1 Å². The monoisotopic (exact) mass is 326 g/mol. The standard InChI is InChI=1S/C19H22N2O3/c1-12(2)16-6-4-5-13(3)18(16)21-17(22)11-24-15-9-7-14(8-10-15)19(20)23/h4-10,12H,11H2,1-3H3,(H2,20,23)(H,21,22). The van der Waals surface area contributed by atoms with E-state index >= 15 is 0 Å². The summed E-state index contributed by atoms with van der Waals surface area (Å²) in [5.41, 5.74) is 8.52. The van der Waals surface area contributed by atoms with Crippen LogP contribution in [-0.4, -0.2) is 18.4 Å². The number of ether oxygens (including phenoxy) is 1. The molecule has 0 heterocycles. The number of nitrogens with two attached hydrogens (primary N) is 1. The minimum Gasteiger partial charge on any atom is -0.484 e. The van der Waals surface area contributed by atoms with Crippen molar-refractivity contribution in [1.29, 1.82) is 0 Å². The van der Waals surface area contributed by atoms with Gasteiger partial charge < -0.3 is 15.8 Å². The predicted molar refractivity (Wildman–Crippen MR) is 94.4 cm³/mol. The molecule has 2 aromatic rings. The van der Waals surface area contributed by atoms with Gasteiger partial charge in [-0.05, 0) is 48.2 Å². The highest BCUT2D eigenvalue weighted by molar-refractivity contribution is 5.94. The zero-order chi connectivity index (χ0) is 17.7. The Kier molecular flexibility index (Phi) is 5.58. The van der Waals surface area contributed by atoms with Crippen LogP contribution in [0.1, 0.15) is 41.3 Å². The molecule has 0 fully saturated rings. The number of para-hydroxylation sites is 1. The van der Waals surface area contributed by atoms with Gasteiger partial charge in [-0.3, -0.25) is 9.59 Å². The van der Waals surface area contributed by atoms with Crippen LogP contribution < -0.4 is 15.8 Å². The molecule has 0 aromatic heterocycles. The number of benzene rings is 2. The first-order valence-electron chi connectivity index (χ1n) is 7.80. The van der Waals surface area contributed by atoms with Crippen LogP contribution in [0.15, 0.2) is 42.5 Å². The van der Waals surface area contributed by atoms with Gasteiger partial charge in [0.05, 0.1) is 0 Å². The van der Waals surface area contributed by atoms with Gasteiger partial charge in [-0.15, -0.1) is 0 Å². The summed E-state index contributed by atoms with van der Waals surface area (Å²) in [6.45, 7) is 6.02. The molecule has 0 aliphatic rings. The highest BCUT2D eigenvalue weighted by Crippen LogP contribution is 2.27. The molecule has 126 valence electrons. The fraction of sp³-hybridized carbons (Fsp3) is 0.263. The normalized spacial score (nSPS) is 10.5. The van der Waals surface area contributed by atoms with E-state index in [1.165, 1.54) is 0 Å². The maximum Gasteiger partial charge on any atom is 0.262 e. The van der Waals surface area contributed by atoms with E-state index in [1.54, 1.807) is 24.3 Å². The Labute approximate surface area is 141 Å². The van der Waals surface area contributed by atoms with Crippen molar-refractivity contribution in [3.05, 3.63) is 59.2 Å². The lowest BCUT2D eigenvalue weighted by atomic mass is 9.98. The SMILES string of the molecule is Cc1cccc(C(C)C)c1NC(=O)COc1ccc(C(N)=O)cc1. The van der Waals surface area contributed by atoms with Gasteiger partial charge in [0.25, 0.3) is 5.91 Å². The lowest BCUT2D eigenvalue weighted by Gasteiger charge is -2.16. The fourth-order valence-corrected chi connectivity index (χ4v) is 2.38. The smallest absolute Gasteiger partial charge is 0.262 e. The second-order valence-electron chi connectivity index (χ2n) is 5.92. The summed E-state index contributed by atoms with van der Waals surface area (Å²) in [5, 5.41) is 2.92. The van der Waals surface area contributed by atoms with E-state index < -0.39 is 5.91 Å². The molecule has 5 heteroatoms. The van der Waals surface area contributed by atoms with E-state index in [9.17, 15) is 9.59 Å². The molecular weight excluding hydrogens is 304 g/mol. The molecule has 0 radical (unpaired) electrons. The van der Waals surface area contributed by atoms with Crippen LogP contribution >= 0.6 is 0 Å². The average Bonchev–Trinajstić information content (AvgIpc) is 2.55. The molecule has 0 spiro atoms. The number of nitrogens with one attached hydrogen (secondary N) is 1. The first-order valence-corrected chi connectivity index (χ1v) is 7.80. The molecule has 0 saturated carbocycles. The third kappa shape index (κ3) is 4.35. The number of primary amides is 1. The minimum atomic E-state index is -0.500. The molecule has 0 saturated heterocycles. The Morgan fingerprint density at radius 2 is 1.79 bits per heavy atom. The Morgan fingerprint density at radius 3 is 2.38 bits per heavy atom. The number of rotatable bonds is 6. The zero-order valence-corrected chi connectivity index (χ0v) is 14.1. The van der Waals surface area contributed by atoms with Gasteiger partial charge in [0.15, 0.2) is 6.61 Å². The van der Waals surface area contributed by atoms with E-state index in [2.05, 4.69) is 19.2 Å². The van der Waals surface area contributed by atoms with Gasteiger partial charge in [-0.25, -0.2) is 0 Å². The fourth-order valence-electron chi connectivity index (χ4n) is 2.38. The molecular formula is C19H22N2O3. The maximum atomic E-state index is 12.2. The van der Waals surface area contributed by atoms with Crippen LogP contribution in [0.3, 0.4) is 0 Å². The van der Waals surface area contributed by atoms with Crippen LogP contribution in [0.5, 0.6) is 5.75 Å². The number of anilines is 1. The maximum absolute atomic E-state index is 12.2. The quantitative estimate of drug-likeness (QED) is 0.855. The lowest BCUT2D eigenvalue weighted by molar-refractivity contribution is -0.118. The number of aryl methyl sites for hydroxylation is 1. The predicted octanol–water partition coefficient (Wildman–Crippen LogP) is 3.23. The summed E-state index contributed by atoms with van der Waals surface area (Å²) >= 11 is 0. The third-order valence-corrected chi connectivity index (χ3v) is 3.70. The molecule has 0 atom stereocenters. The van der Waals surface area contributed by atoms with Crippen molar-refractivity contribution in [2.45, 2.75) is 26.7 Å². The van der Waals surface area contributed by atoms with Crippen molar-refractivity contribution in [2.24, 2.45) is 5.73 Å². The zero-order valence-electron chi connectivity index (χ0n) is 14.1. The largest absolute Gasteiger partial charge is 0.484 e. The number of carbonyl (C=O) groups is 2. The van der Waals surface area contributed by atoms with E-state index in [4.69, 9.17) is 10.5 Å². The molecule has 3 N–H and O–H groups in total. The summed E-state index contributed by atoms with van der Waals surface area (Å²) in [6.07, 6.45) is 0. The van der Waals surface area contributed by atoms with Gasteiger partial charge >= 0.3 is 0 Å². The van der Waals surface area contributed by atoms with Gasteiger partial charge in [0.2, 0.25) is 5.91 Å². The minimum absolute atomic E-state index is 0.109. The Morgan fingerprint density at radius 1 is 1.12 bits per heavy atom. The van der Waals surface area contributed by atoms with Crippen LogP contribution in [0.2, 0.25) is 0 Å². The Hall–Kier alpha value is -2.82. The van der Waals surface area contributed by atoms with Crippen molar-refractivity contribution < 1.29 is 14.3 Å². The van der Waals surface area contributed by atoms with E-state index in [0.717, 1.165) is 16.8 Å². The molecule has 24 heavy (non-hydrogen) atoms. The number of carbonyl (C=O) groups excluding carboxylic acids is 2. The molecule has 0 aliphatic heterocycles. The highest BCUT2D eigenvalue weighted by Gasteiger charge is 2.12. The van der Waals surface area contributed by atoms with Gasteiger partial charge in [-0.2, -0.15) is 0 Å². The summed E-state index contributed by atoms with van der Waals surface area (Å²) in [5.74, 6) is 0.0803. The molecule has 2 rings (SSSR count). The molecule has 5 nitrogen and oxygen atoms in total. The average molecular weight is 326 g/mol. The topological polar surface area (TPSA) is 81.4 Å². The Bertz CT molecular complexity index is 737. The van der Waals surface area contributed by atoms with Gasteiger partial charge in [0.1, 0.15) is 5.75 Å². The van der Waals surface area contributed by atoms with E-state index in [-0.39, 0.29) is 12.5 Å². The molecule has 0 unspecified atom stereocenters. The van der Waals surface area contributed by atoms with Crippen LogP contribution in [0, 0.1) is 6.92 Å². The lowest BCUT2D eigenvalue weighted by Crippen LogP contribution is -2.21. The number of hydrogen-bond acceptors (Lipinski definition) is 3. The molecule has 0 aliphatic carbocycles. The highest BCUT2D eigenvalue weighted by atomic mass is 16.5. The summed E-state index contributed by atoms with van der Waals surface area (Å²) in [7, 11) is 0. The second-order valence-corrected chi connectivity index (χ2v) is 5.92. The first kappa shape index (κ1) is 17.5. The summed E-state index contributed by atoms with van der Waals surface area (Å²) in [6, 6.07) is 12.3. The third-order valence-electron chi connectivity index (χ3n) is 3.70. The first-order chi connectivity index (χ1) is 11.4. The number of amides is 2. The van der Waals surface area contributed by atoms with Crippen LogP contribution in [0.4, 0.5) is 5.69 Å². The van der Waals surface area contributed by atoms with Crippen molar-refractivity contribution in [3.63, 3.8) is 0 Å². The summed E-state index contributed by atoms with van der Waals surface area (Å²) in [4.78, 5) is 23.2. The second kappa shape index (κ2) is 7.64. The van der Waals surface area contributed by atoms with Crippen molar-refractivity contribution >= 4 is 17.5 Å². The van der Waals surface area contributed by atoms with Crippen LogP contribution in [0.25, 0.3) is 0 Å². The molecule has 0 bridgehead atoms. The van der Waals surface area contributed by atoms with Crippen molar-refractivity contribution in [3.8, 4) is 5.75 Å².